The molecule has 0 aliphatic carbocycles. The lowest BCUT2D eigenvalue weighted by Gasteiger charge is -2.31. The first-order chi connectivity index (χ1) is 10.8. The van der Waals surface area contributed by atoms with E-state index in [-0.39, 0.29) is 5.91 Å². The average Bonchev–Trinajstić information content (AvgIpc) is 2.85. The third kappa shape index (κ3) is 3.72. The molecule has 9 heteroatoms. The molecule has 0 unspecified atom stereocenters. The number of aryl methyl sites for hydroxylation is 2. The van der Waals surface area contributed by atoms with Crippen LogP contribution in [0.3, 0.4) is 0 Å². The highest BCUT2D eigenvalue weighted by molar-refractivity contribution is 7.92. The quantitative estimate of drug-likeness (QED) is 0.828. The number of nitrogens with one attached hydrogen (secondary N) is 1. The van der Waals surface area contributed by atoms with Crippen LogP contribution in [-0.4, -0.2) is 61.4 Å². The normalized spacial score (nSPS) is 16.4. The minimum atomic E-state index is -3.49. The number of nitrogens with zero attached hydrogens (tertiary/aromatic N) is 2. The van der Waals surface area contributed by atoms with E-state index in [2.05, 4.69) is 10.5 Å². The minimum Gasteiger partial charge on any atom is -0.361 e. The first-order valence-corrected chi connectivity index (χ1v) is 9.12. The van der Waals surface area contributed by atoms with Crippen molar-refractivity contribution < 1.29 is 22.5 Å². The second-order valence-electron chi connectivity index (χ2n) is 5.67. The highest BCUT2D eigenvalue weighted by Crippen LogP contribution is 2.22. The first-order valence-electron chi connectivity index (χ1n) is 7.40. The fourth-order valence-electron chi connectivity index (χ4n) is 2.74. The van der Waals surface area contributed by atoms with Gasteiger partial charge in [-0.2, -0.15) is 0 Å². The van der Waals surface area contributed by atoms with Crippen molar-refractivity contribution in [2.24, 2.45) is 0 Å². The highest BCUT2D eigenvalue weighted by atomic mass is 32.2. The number of hydrogen-bond acceptors (Lipinski definition) is 6. The average molecular weight is 343 g/mol. The van der Waals surface area contributed by atoms with E-state index in [1.807, 2.05) is 0 Å². The molecule has 1 saturated heterocycles. The largest absolute Gasteiger partial charge is 0.361 e. The molecule has 8 nitrogen and oxygen atoms in total. The van der Waals surface area contributed by atoms with Crippen molar-refractivity contribution in [2.45, 2.75) is 31.9 Å². The predicted molar refractivity (Wildman–Crippen MR) is 82.8 cm³/mol. The van der Waals surface area contributed by atoms with Crippen LogP contribution in [0.25, 0.3) is 0 Å². The molecule has 1 fully saturated rings. The van der Waals surface area contributed by atoms with Crippen molar-refractivity contribution in [1.29, 1.82) is 0 Å². The zero-order chi connectivity index (χ0) is 17.2. The van der Waals surface area contributed by atoms with Gasteiger partial charge in [-0.3, -0.25) is 9.59 Å². The Morgan fingerprint density at radius 2 is 1.91 bits per heavy atom. The summed E-state index contributed by atoms with van der Waals surface area (Å²) in [5.41, 5.74) is 0.971. The third-order valence-electron chi connectivity index (χ3n) is 4.10. The number of piperidine rings is 1. The molecular formula is C14H21N3O5S. The van der Waals surface area contributed by atoms with Crippen LogP contribution < -0.4 is 5.32 Å². The summed E-state index contributed by atoms with van der Waals surface area (Å²) in [5, 5.41) is 5.49. The maximum atomic E-state index is 12.5. The Morgan fingerprint density at radius 3 is 2.39 bits per heavy atom. The molecule has 1 aromatic heterocycles. The SMILES string of the molecule is CNC(=O)CS(=O)(=O)C1CCN(C(=O)c2c(C)noc2C)CC1. The van der Waals surface area contributed by atoms with Crippen LogP contribution in [-0.2, 0) is 14.6 Å². The van der Waals surface area contributed by atoms with E-state index in [1.54, 1.807) is 18.7 Å². The number of rotatable bonds is 4. The van der Waals surface area contributed by atoms with Gasteiger partial charge in [0.1, 0.15) is 17.1 Å². The van der Waals surface area contributed by atoms with E-state index < -0.39 is 26.7 Å². The summed E-state index contributed by atoms with van der Waals surface area (Å²) in [4.78, 5) is 25.4. The van der Waals surface area contributed by atoms with Crippen LogP contribution >= 0.6 is 0 Å². The fourth-order valence-corrected chi connectivity index (χ4v) is 4.41. The number of sulfone groups is 1. The van der Waals surface area contributed by atoms with Crippen molar-refractivity contribution in [3.05, 3.63) is 17.0 Å². The van der Waals surface area contributed by atoms with Crippen molar-refractivity contribution in [3.8, 4) is 0 Å². The van der Waals surface area contributed by atoms with Gasteiger partial charge in [-0.15, -0.1) is 0 Å². The molecule has 2 amide bonds. The molecule has 1 aromatic rings. The molecule has 0 atom stereocenters. The van der Waals surface area contributed by atoms with Crippen molar-refractivity contribution in [3.63, 3.8) is 0 Å². The molecule has 0 radical (unpaired) electrons. The van der Waals surface area contributed by atoms with Crippen molar-refractivity contribution >= 4 is 21.7 Å². The number of amides is 2. The summed E-state index contributed by atoms with van der Waals surface area (Å²) in [6.07, 6.45) is 0.656. The molecule has 0 saturated carbocycles. The smallest absolute Gasteiger partial charge is 0.259 e. The Morgan fingerprint density at radius 1 is 1.30 bits per heavy atom. The summed E-state index contributed by atoms with van der Waals surface area (Å²) in [5.74, 6) is -0.754. The number of carbonyl (C=O) groups is 2. The summed E-state index contributed by atoms with van der Waals surface area (Å²) >= 11 is 0. The lowest BCUT2D eigenvalue weighted by Crippen LogP contribution is -2.44. The lowest BCUT2D eigenvalue weighted by atomic mass is 10.1. The molecule has 1 aliphatic rings. The zero-order valence-corrected chi connectivity index (χ0v) is 14.3. The van der Waals surface area contributed by atoms with E-state index >= 15 is 0 Å². The molecule has 128 valence electrons. The van der Waals surface area contributed by atoms with Crippen LogP contribution in [0.1, 0.15) is 34.7 Å². The lowest BCUT2D eigenvalue weighted by molar-refractivity contribution is -0.118. The van der Waals surface area contributed by atoms with Crippen LogP contribution in [0.2, 0.25) is 0 Å². The van der Waals surface area contributed by atoms with Crippen molar-refractivity contribution in [2.75, 3.05) is 25.9 Å². The Labute approximate surface area is 135 Å². The molecule has 2 heterocycles. The van der Waals surface area contributed by atoms with Crippen LogP contribution in [0, 0.1) is 13.8 Å². The Balaban J connectivity index is 2.01. The van der Waals surface area contributed by atoms with Gasteiger partial charge in [-0.1, -0.05) is 5.16 Å². The predicted octanol–water partition coefficient (Wildman–Crippen LogP) is 0.0568. The van der Waals surface area contributed by atoms with Gasteiger partial charge in [0.2, 0.25) is 5.91 Å². The Hall–Kier alpha value is -1.90. The molecule has 23 heavy (non-hydrogen) atoms. The number of aromatic nitrogens is 1. The molecule has 0 aromatic carbocycles. The molecular weight excluding hydrogens is 322 g/mol. The van der Waals surface area contributed by atoms with E-state index in [0.29, 0.717) is 42.9 Å². The minimum absolute atomic E-state index is 0.191. The van der Waals surface area contributed by atoms with E-state index in [0.717, 1.165) is 0 Å². The second-order valence-corrected chi connectivity index (χ2v) is 7.95. The molecule has 1 aliphatic heterocycles. The number of likely N-dealkylation sites (tertiary alicyclic amines) is 1. The van der Waals surface area contributed by atoms with Gasteiger partial charge in [-0.05, 0) is 26.7 Å². The van der Waals surface area contributed by atoms with Crippen LogP contribution in [0.4, 0.5) is 0 Å². The summed E-state index contributed by atoms with van der Waals surface area (Å²) in [6.45, 7) is 4.04. The summed E-state index contributed by atoms with van der Waals surface area (Å²) in [6, 6.07) is 0. The maximum absolute atomic E-state index is 12.5. The number of carbonyl (C=O) groups excluding carboxylic acids is 2. The van der Waals surface area contributed by atoms with Gasteiger partial charge < -0.3 is 14.7 Å². The van der Waals surface area contributed by atoms with E-state index in [4.69, 9.17) is 4.52 Å². The molecule has 2 rings (SSSR count). The van der Waals surface area contributed by atoms with Gasteiger partial charge in [0, 0.05) is 20.1 Å². The topological polar surface area (TPSA) is 110 Å². The van der Waals surface area contributed by atoms with E-state index in [1.165, 1.54) is 7.05 Å². The molecule has 0 bridgehead atoms. The van der Waals surface area contributed by atoms with Gasteiger partial charge >= 0.3 is 0 Å². The van der Waals surface area contributed by atoms with Gasteiger partial charge in [0.05, 0.1) is 10.9 Å². The highest BCUT2D eigenvalue weighted by Gasteiger charge is 2.34. The summed E-state index contributed by atoms with van der Waals surface area (Å²) in [7, 11) is -2.09. The van der Waals surface area contributed by atoms with Crippen LogP contribution in [0.15, 0.2) is 4.52 Å². The molecule has 0 spiro atoms. The van der Waals surface area contributed by atoms with Crippen LogP contribution in [0.5, 0.6) is 0 Å². The number of hydrogen-bond donors (Lipinski definition) is 1. The monoisotopic (exact) mass is 343 g/mol. The summed E-state index contributed by atoms with van der Waals surface area (Å²) < 4.78 is 29.4. The zero-order valence-electron chi connectivity index (χ0n) is 13.5. The standard InChI is InChI=1S/C14H21N3O5S/c1-9-13(10(2)22-16-9)14(19)17-6-4-11(5-7-17)23(20,21)8-12(18)15-3/h11H,4-8H2,1-3H3,(H,15,18). The molecule has 1 N–H and O–H groups in total. The van der Waals surface area contributed by atoms with E-state index in [9.17, 15) is 18.0 Å². The second kappa shape index (κ2) is 6.69. The van der Waals surface area contributed by atoms with Crippen molar-refractivity contribution in [1.82, 2.24) is 15.4 Å². The fraction of sp³-hybridized carbons (Fsp3) is 0.643. The van der Waals surface area contributed by atoms with Gasteiger partial charge in [0.25, 0.3) is 5.91 Å². The Bertz CT molecular complexity index is 682. The Kier molecular flexibility index (Phi) is 5.08. The van der Waals surface area contributed by atoms with Gasteiger partial charge in [-0.25, -0.2) is 8.42 Å². The maximum Gasteiger partial charge on any atom is 0.259 e. The van der Waals surface area contributed by atoms with Gasteiger partial charge in [0.15, 0.2) is 9.84 Å². The third-order valence-corrected chi connectivity index (χ3v) is 6.25. The first kappa shape index (κ1) is 17.5.